The molecule has 0 radical (unpaired) electrons. The van der Waals surface area contributed by atoms with Crippen molar-refractivity contribution in [3.63, 3.8) is 0 Å². The summed E-state index contributed by atoms with van der Waals surface area (Å²) in [6, 6.07) is 9.68. The minimum Gasteiger partial charge on any atom is -0.387 e. The Kier molecular flexibility index (Phi) is 4.12. The Morgan fingerprint density at radius 2 is 2.17 bits per heavy atom. The highest BCUT2D eigenvalue weighted by atomic mass is 35.5. The summed E-state index contributed by atoms with van der Waals surface area (Å²) < 4.78 is 13.2. The summed E-state index contributed by atoms with van der Waals surface area (Å²) in [7, 11) is 0. The van der Waals surface area contributed by atoms with Gasteiger partial charge in [-0.2, -0.15) is 0 Å². The Balaban J connectivity index is 1.99. The van der Waals surface area contributed by atoms with E-state index in [9.17, 15) is 9.50 Å². The van der Waals surface area contributed by atoms with Crippen LogP contribution in [-0.4, -0.2) is 16.6 Å². The molecule has 0 saturated heterocycles. The Morgan fingerprint density at radius 1 is 1.33 bits per heavy atom. The van der Waals surface area contributed by atoms with Crippen LogP contribution < -0.4 is 5.32 Å². The van der Waals surface area contributed by atoms with Crippen molar-refractivity contribution in [3.8, 4) is 0 Å². The molecule has 0 fully saturated rings. The summed E-state index contributed by atoms with van der Waals surface area (Å²) in [6.45, 7) is 0.248. The molecule has 18 heavy (non-hydrogen) atoms. The van der Waals surface area contributed by atoms with Gasteiger partial charge < -0.3 is 10.4 Å². The predicted molar refractivity (Wildman–Crippen MR) is 69.1 cm³/mol. The quantitative estimate of drug-likeness (QED) is 0.894. The number of aliphatic hydroxyl groups excluding tert-OH is 1. The van der Waals surface area contributed by atoms with Gasteiger partial charge in [0, 0.05) is 12.7 Å². The van der Waals surface area contributed by atoms with E-state index in [1.807, 2.05) is 6.07 Å². The topological polar surface area (TPSA) is 45.1 Å². The maximum absolute atomic E-state index is 13.2. The molecule has 0 amide bonds. The predicted octanol–water partition coefficient (Wildman–Crippen LogP) is 3.02. The lowest BCUT2D eigenvalue weighted by atomic mass is 10.1. The van der Waals surface area contributed by atoms with Gasteiger partial charge in [-0.15, -0.1) is 0 Å². The fraction of sp³-hybridized carbons (Fsp3) is 0.154. The molecule has 1 heterocycles. The normalized spacial score (nSPS) is 12.2. The number of hydrogen-bond acceptors (Lipinski definition) is 3. The SMILES string of the molecule is OC(CNc1ccccn1)c1ccc(Cl)c(F)c1. The number of hydrogen-bond donors (Lipinski definition) is 2. The summed E-state index contributed by atoms with van der Waals surface area (Å²) in [5.41, 5.74) is 0.473. The highest BCUT2D eigenvalue weighted by Crippen LogP contribution is 2.20. The van der Waals surface area contributed by atoms with Crippen molar-refractivity contribution in [3.05, 3.63) is 59.0 Å². The van der Waals surface area contributed by atoms with Crippen LogP contribution in [0.3, 0.4) is 0 Å². The second-order valence-corrected chi connectivity index (χ2v) is 4.19. The van der Waals surface area contributed by atoms with Crippen LogP contribution >= 0.6 is 11.6 Å². The minimum absolute atomic E-state index is 0.0450. The number of benzene rings is 1. The molecule has 94 valence electrons. The molecule has 2 N–H and O–H groups in total. The standard InChI is InChI=1S/C13H12ClFN2O/c14-10-5-4-9(7-11(10)15)12(18)8-17-13-3-1-2-6-16-13/h1-7,12,18H,8H2,(H,16,17). The number of nitrogens with zero attached hydrogens (tertiary/aromatic N) is 1. The molecule has 2 aromatic rings. The van der Waals surface area contributed by atoms with Crippen molar-refractivity contribution in [1.82, 2.24) is 4.98 Å². The van der Waals surface area contributed by atoms with Gasteiger partial charge in [0.05, 0.1) is 11.1 Å². The summed E-state index contributed by atoms with van der Waals surface area (Å²) in [5.74, 6) is 0.122. The molecule has 0 spiro atoms. The molecule has 2 rings (SSSR count). The number of rotatable bonds is 4. The zero-order valence-corrected chi connectivity index (χ0v) is 10.2. The van der Waals surface area contributed by atoms with Crippen molar-refractivity contribution in [1.29, 1.82) is 0 Å². The third-order valence-electron chi connectivity index (χ3n) is 2.47. The van der Waals surface area contributed by atoms with Crippen molar-refractivity contribution < 1.29 is 9.50 Å². The van der Waals surface area contributed by atoms with E-state index in [1.165, 1.54) is 12.1 Å². The Labute approximate surface area is 109 Å². The van der Waals surface area contributed by atoms with Crippen LogP contribution in [-0.2, 0) is 0 Å². The first-order valence-corrected chi connectivity index (χ1v) is 5.82. The highest BCUT2D eigenvalue weighted by molar-refractivity contribution is 6.30. The Morgan fingerprint density at radius 3 is 2.83 bits per heavy atom. The molecule has 0 bridgehead atoms. The molecule has 0 saturated carbocycles. The van der Waals surface area contributed by atoms with E-state index in [1.54, 1.807) is 24.4 Å². The Hall–Kier alpha value is -1.65. The van der Waals surface area contributed by atoms with Gasteiger partial charge in [0.2, 0.25) is 0 Å². The molecule has 1 unspecified atom stereocenters. The summed E-state index contributed by atoms with van der Waals surface area (Å²) >= 11 is 5.58. The second-order valence-electron chi connectivity index (χ2n) is 3.79. The first kappa shape index (κ1) is 12.8. The van der Waals surface area contributed by atoms with E-state index in [2.05, 4.69) is 10.3 Å². The monoisotopic (exact) mass is 266 g/mol. The van der Waals surface area contributed by atoms with Gasteiger partial charge >= 0.3 is 0 Å². The maximum atomic E-state index is 13.2. The average molecular weight is 267 g/mol. The molecular formula is C13H12ClFN2O. The third kappa shape index (κ3) is 3.18. The summed E-state index contributed by atoms with van der Waals surface area (Å²) in [4.78, 5) is 4.06. The van der Waals surface area contributed by atoms with E-state index in [4.69, 9.17) is 11.6 Å². The van der Waals surface area contributed by atoms with Crippen LogP contribution in [0.4, 0.5) is 10.2 Å². The van der Waals surface area contributed by atoms with E-state index in [0.29, 0.717) is 11.4 Å². The first-order valence-electron chi connectivity index (χ1n) is 5.45. The van der Waals surface area contributed by atoms with Gasteiger partial charge in [-0.05, 0) is 29.8 Å². The van der Waals surface area contributed by atoms with E-state index >= 15 is 0 Å². The van der Waals surface area contributed by atoms with Gasteiger partial charge in [-0.1, -0.05) is 23.7 Å². The van der Waals surface area contributed by atoms with Crippen LogP contribution in [0.5, 0.6) is 0 Å². The van der Waals surface area contributed by atoms with Crippen LogP contribution in [0.2, 0.25) is 5.02 Å². The number of anilines is 1. The highest BCUT2D eigenvalue weighted by Gasteiger charge is 2.10. The lowest BCUT2D eigenvalue weighted by molar-refractivity contribution is 0.191. The molecule has 1 atom stereocenters. The van der Waals surface area contributed by atoms with Crippen molar-refractivity contribution in [2.24, 2.45) is 0 Å². The van der Waals surface area contributed by atoms with E-state index < -0.39 is 11.9 Å². The summed E-state index contributed by atoms with van der Waals surface area (Å²) in [5, 5.41) is 12.9. The molecule has 0 aliphatic rings. The molecule has 0 aliphatic carbocycles. The molecule has 1 aromatic heterocycles. The molecule has 3 nitrogen and oxygen atoms in total. The van der Waals surface area contributed by atoms with Crippen LogP contribution in [0.15, 0.2) is 42.6 Å². The van der Waals surface area contributed by atoms with Crippen LogP contribution in [0, 0.1) is 5.82 Å². The smallest absolute Gasteiger partial charge is 0.142 e. The lowest BCUT2D eigenvalue weighted by Gasteiger charge is -2.12. The molecule has 5 heteroatoms. The van der Waals surface area contributed by atoms with Gasteiger partial charge in [0.25, 0.3) is 0 Å². The van der Waals surface area contributed by atoms with Gasteiger partial charge in [0.1, 0.15) is 11.6 Å². The van der Waals surface area contributed by atoms with Crippen LogP contribution in [0.1, 0.15) is 11.7 Å². The fourth-order valence-corrected chi connectivity index (χ4v) is 1.62. The Bertz CT molecular complexity index is 522. The molecule has 1 aromatic carbocycles. The third-order valence-corrected chi connectivity index (χ3v) is 2.78. The zero-order chi connectivity index (χ0) is 13.0. The fourth-order valence-electron chi connectivity index (χ4n) is 1.51. The molecule has 0 aliphatic heterocycles. The van der Waals surface area contributed by atoms with E-state index in [-0.39, 0.29) is 11.6 Å². The molecular weight excluding hydrogens is 255 g/mol. The van der Waals surface area contributed by atoms with Crippen molar-refractivity contribution >= 4 is 17.4 Å². The summed E-state index contributed by atoms with van der Waals surface area (Å²) in [6.07, 6.45) is 0.829. The second kappa shape index (κ2) is 5.80. The van der Waals surface area contributed by atoms with Crippen molar-refractivity contribution in [2.75, 3.05) is 11.9 Å². The lowest BCUT2D eigenvalue weighted by Crippen LogP contribution is -2.13. The average Bonchev–Trinajstić information content (AvgIpc) is 2.40. The van der Waals surface area contributed by atoms with Gasteiger partial charge in [-0.25, -0.2) is 9.37 Å². The van der Waals surface area contributed by atoms with E-state index in [0.717, 1.165) is 0 Å². The number of aliphatic hydroxyl groups is 1. The minimum atomic E-state index is -0.821. The van der Waals surface area contributed by atoms with Crippen LogP contribution in [0.25, 0.3) is 0 Å². The zero-order valence-electron chi connectivity index (χ0n) is 9.48. The van der Waals surface area contributed by atoms with Gasteiger partial charge in [-0.3, -0.25) is 0 Å². The number of pyridine rings is 1. The number of nitrogens with one attached hydrogen (secondary N) is 1. The maximum Gasteiger partial charge on any atom is 0.142 e. The number of halogens is 2. The number of aromatic nitrogens is 1. The van der Waals surface area contributed by atoms with Gasteiger partial charge in [0.15, 0.2) is 0 Å². The van der Waals surface area contributed by atoms with Crippen molar-refractivity contribution in [2.45, 2.75) is 6.10 Å². The largest absolute Gasteiger partial charge is 0.387 e. The first-order chi connectivity index (χ1) is 8.66.